The number of amides is 1. The summed E-state index contributed by atoms with van der Waals surface area (Å²) in [6.07, 6.45) is 0. The van der Waals surface area contributed by atoms with Crippen molar-refractivity contribution in [2.75, 3.05) is 12.4 Å². The van der Waals surface area contributed by atoms with Crippen molar-refractivity contribution in [3.63, 3.8) is 0 Å². The highest BCUT2D eigenvalue weighted by Gasteiger charge is 2.10. The highest BCUT2D eigenvalue weighted by atomic mass is 35.5. The van der Waals surface area contributed by atoms with Gasteiger partial charge < -0.3 is 10.1 Å². The number of nitrogens with one attached hydrogen (secondary N) is 2. The average Bonchev–Trinajstić information content (AvgIpc) is 3.10. The van der Waals surface area contributed by atoms with Crippen molar-refractivity contribution in [1.29, 1.82) is 0 Å². The van der Waals surface area contributed by atoms with Crippen LogP contribution in [0, 0.1) is 0 Å². The number of hydrogen-bond donors (Lipinski definition) is 2. The van der Waals surface area contributed by atoms with Gasteiger partial charge in [0.05, 0.1) is 12.8 Å². The molecule has 0 unspecified atom stereocenters. The fourth-order valence-electron chi connectivity index (χ4n) is 2.13. The van der Waals surface area contributed by atoms with E-state index in [1.165, 1.54) is 11.3 Å². The molecule has 0 fully saturated rings. The van der Waals surface area contributed by atoms with E-state index in [9.17, 15) is 4.79 Å². The van der Waals surface area contributed by atoms with E-state index in [1.807, 2.05) is 29.6 Å². The van der Waals surface area contributed by atoms with Crippen LogP contribution in [0.2, 0.25) is 5.02 Å². The summed E-state index contributed by atoms with van der Waals surface area (Å²) in [6.45, 7) is 0. The first kappa shape index (κ1) is 18.3. The molecule has 0 radical (unpaired) electrons. The van der Waals surface area contributed by atoms with E-state index in [2.05, 4.69) is 15.6 Å². The molecule has 2 N–H and O–H groups in total. The largest absolute Gasteiger partial charge is 0.497 e. The number of methoxy groups -OCH3 is 1. The summed E-state index contributed by atoms with van der Waals surface area (Å²) in [5.74, 6) is 0.472. The number of carbonyl (C=O) groups is 1. The molecule has 0 aliphatic heterocycles. The lowest BCUT2D eigenvalue weighted by molar-refractivity contribution is 0.0978. The van der Waals surface area contributed by atoms with Crippen molar-refractivity contribution in [2.45, 2.75) is 0 Å². The van der Waals surface area contributed by atoms with Crippen LogP contribution in [0.15, 0.2) is 53.9 Å². The summed E-state index contributed by atoms with van der Waals surface area (Å²) in [7, 11) is 1.62. The third kappa shape index (κ3) is 4.57. The Hall–Kier alpha value is -2.48. The lowest BCUT2D eigenvalue weighted by Crippen LogP contribution is -2.34. The molecule has 1 heterocycles. The van der Waals surface area contributed by atoms with E-state index in [1.54, 1.807) is 31.4 Å². The van der Waals surface area contributed by atoms with Crippen molar-refractivity contribution in [3.05, 3.63) is 64.5 Å². The molecule has 0 saturated carbocycles. The van der Waals surface area contributed by atoms with Gasteiger partial charge in [0, 0.05) is 21.5 Å². The number of thiocarbonyl (C=S) groups is 1. The molecular formula is C18H14ClN3O2S2. The molecule has 3 aromatic rings. The Morgan fingerprint density at radius 1 is 1.15 bits per heavy atom. The van der Waals surface area contributed by atoms with Gasteiger partial charge in [-0.1, -0.05) is 11.6 Å². The van der Waals surface area contributed by atoms with Crippen LogP contribution in [0.1, 0.15) is 10.4 Å². The SMILES string of the molecule is COc1ccc(-c2csc(NC(=S)NC(=O)c3ccc(Cl)cc3)n2)cc1. The van der Waals surface area contributed by atoms with Gasteiger partial charge in [-0.2, -0.15) is 0 Å². The zero-order valence-corrected chi connectivity index (χ0v) is 16.0. The van der Waals surface area contributed by atoms with Gasteiger partial charge in [-0.05, 0) is 60.7 Å². The first-order valence-electron chi connectivity index (χ1n) is 7.53. The zero-order chi connectivity index (χ0) is 18.5. The average molecular weight is 404 g/mol. The Morgan fingerprint density at radius 3 is 2.50 bits per heavy atom. The van der Waals surface area contributed by atoms with Crippen molar-refractivity contribution >= 4 is 51.3 Å². The van der Waals surface area contributed by atoms with E-state index >= 15 is 0 Å². The predicted octanol–water partition coefficient (Wildman–Crippen LogP) is 4.60. The van der Waals surface area contributed by atoms with Crippen LogP contribution in [-0.4, -0.2) is 23.1 Å². The molecule has 3 rings (SSSR count). The molecule has 0 aliphatic carbocycles. The molecule has 0 bridgehead atoms. The fraction of sp³-hybridized carbons (Fsp3) is 0.0556. The van der Waals surface area contributed by atoms with Gasteiger partial charge in [0.2, 0.25) is 0 Å². The van der Waals surface area contributed by atoms with E-state index in [0.717, 1.165) is 17.0 Å². The Balaban J connectivity index is 1.62. The topological polar surface area (TPSA) is 63.2 Å². The highest BCUT2D eigenvalue weighted by molar-refractivity contribution is 7.80. The number of benzene rings is 2. The summed E-state index contributed by atoms with van der Waals surface area (Å²) < 4.78 is 5.15. The molecular weight excluding hydrogens is 390 g/mol. The maximum atomic E-state index is 12.1. The highest BCUT2D eigenvalue weighted by Crippen LogP contribution is 2.26. The standard InChI is InChI=1S/C18H14ClN3O2S2/c1-24-14-8-4-11(5-9-14)15-10-26-18(20-15)22-17(25)21-16(23)12-2-6-13(19)7-3-12/h2-10H,1H3,(H2,20,21,22,23,25). The predicted molar refractivity (Wildman–Crippen MR) is 109 cm³/mol. The van der Waals surface area contributed by atoms with Crippen molar-refractivity contribution < 1.29 is 9.53 Å². The number of carbonyl (C=O) groups excluding carboxylic acids is 1. The number of ether oxygens (including phenoxy) is 1. The molecule has 0 spiro atoms. The summed E-state index contributed by atoms with van der Waals surface area (Å²) in [6, 6.07) is 14.2. The first-order valence-corrected chi connectivity index (χ1v) is 9.19. The number of halogens is 1. The van der Waals surface area contributed by atoms with E-state index in [4.69, 9.17) is 28.6 Å². The number of aromatic nitrogens is 1. The Bertz CT molecular complexity index is 924. The first-order chi connectivity index (χ1) is 12.5. The second-order valence-electron chi connectivity index (χ2n) is 5.18. The van der Waals surface area contributed by atoms with Crippen LogP contribution in [0.3, 0.4) is 0 Å². The number of thiazole rings is 1. The Labute approximate surface area is 165 Å². The lowest BCUT2D eigenvalue weighted by Gasteiger charge is -2.07. The molecule has 0 aliphatic rings. The molecule has 0 saturated heterocycles. The van der Waals surface area contributed by atoms with E-state index in [-0.39, 0.29) is 11.0 Å². The van der Waals surface area contributed by atoms with Gasteiger partial charge in [-0.3, -0.25) is 10.1 Å². The number of hydrogen-bond acceptors (Lipinski definition) is 5. The normalized spacial score (nSPS) is 10.2. The van der Waals surface area contributed by atoms with Crippen LogP contribution in [0.5, 0.6) is 5.75 Å². The van der Waals surface area contributed by atoms with Gasteiger partial charge >= 0.3 is 0 Å². The molecule has 2 aromatic carbocycles. The third-order valence-corrected chi connectivity index (χ3v) is 4.66. The second kappa shape index (κ2) is 8.27. The Morgan fingerprint density at radius 2 is 1.85 bits per heavy atom. The minimum Gasteiger partial charge on any atom is -0.497 e. The van der Waals surface area contributed by atoms with E-state index in [0.29, 0.717) is 15.7 Å². The smallest absolute Gasteiger partial charge is 0.257 e. The van der Waals surface area contributed by atoms with Crippen molar-refractivity contribution in [3.8, 4) is 17.0 Å². The van der Waals surface area contributed by atoms with Crippen molar-refractivity contribution in [2.24, 2.45) is 0 Å². The van der Waals surface area contributed by atoms with Crippen LogP contribution in [0.4, 0.5) is 5.13 Å². The minimum absolute atomic E-state index is 0.181. The Kier molecular flexibility index (Phi) is 5.82. The summed E-state index contributed by atoms with van der Waals surface area (Å²) in [4.78, 5) is 16.6. The van der Waals surface area contributed by atoms with Crippen molar-refractivity contribution in [1.82, 2.24) is 10.3 Å². The van der Waals surface area contributed by atoms with Crippen LogP contribution in [-0.2, 0) is 0 Å². The number of rotatable bonds is 4. The second-order valence-corrected chi connectivity index (χ2v) is 6.88. The molecule has 1 amide bonds. The van der Waals surface area contributed by atoms with Crippen LogP contribution < -0.4 is 15.4 Å². The van der Waals surface area contributed by atoms with Crippen LogP contribution in [0.25, 0.3) is 11.3 Å². The molecule has 5 nitrogen and oxygen atoms in total. The maximum absolute atomic E-state index is 12.1. The lowest BCUT2D eigenvalue weighted by atomic mass is 10.2. The van der Waals surface area contributed by atoms with Gasteiger partial charge in [-0.25, -0.2) is 4.98 Å². The monoisotopic (exact) mass is 403 g/mol. The van der Waals surface area contributed by atoms with Gasteiger partial charge in [0.1, 0.15) is 5.75 Å². The molecule has 8 heteroatoms. The summed E-state index contributed by atoms with van der Waals surface area (Å²) in [5, 5.41) is 8.79. The minimum atomic E-state index is -0.314. The third-order valence-electron chi connectivity index (χ3n) is 3.44. The summed E-state index contributed by atoms with van der Waals surface area (Å²) >= 11 is 12.4. The number of nitrogens with zero attached hydrogens (tertiary/aromatic N) is 1. The van der Waals surface area contributed by atoms with Crippen LogP contribution >= 0.6 is 35.2 Å². The number of anilines is 1. The molecule has 0 atom stereocenters. The van der Waals surface area contributed by atoms with Gasteiger partial charge in [0.25, 0.3) is 5.91 Å². The van der Waals surface area contributed by atoms with E-state index < -0.39 is 0 Å². The molecule has 1 aromatic heterocycles. The molecule has 26 heavy (non-hydrogen) atoms. The zero-order valence-electron chi connectivity index (χ0n) is 13.7. The summed E-state index contributed by atoms with van der Waals surface area (Å²) in [5.41, 5.74) is 2.25. The quantitative estimate of drug-likeness (QED) is 0.623. The van der Waals surface area contributed by atoms with Gasteiger partial charge in [0.15, 0.2) is 10.2 Å². The van der Waals surface area contributed by atoms with Gasteiger partial charge in [-0.15, -0.1) is 11.3 Å². The maximum Gasteiger partial charge on any atom is 0.257 e. The fourth-order valence-corrected chi connectivity index (χ4v) is 3.23. The molecule has 132 valence electrons.